The summed E-state index contributed by atoms with van der Waals surface area (Å²) in [7, 11) is 0. The average molecular weight is 201 g/mol. The molecule has 1 heterocycles. The molecule has 0 fully saturated rings. The zero-order valence-electron chi connectivity index (χ0n) is 8.67. The smallest absolute Gasteiger partial charge is 0.0717 e. The third kappa shape index (κ3) is 3.33. The predicted octanol–water partition coefficient (Wildman–Crippen LogP) is 2.46. The number of rotatable bonds is 4. The van der Waals surface area contributed by atoms with Crippen molar-refractivity contribution in [2.45, 2.75) is 6.61 Å². The molecule has 2 heteroatoms. The first-order valence-electron chi connectivity index (χ1n) is 5.23. The second-order valence-corrected chi connectivity index (χ2v) is 3.66. The summed E-state index contributed by atoms with van der Waals surface area (Å²) < 4.78 is 5.63. The van der Waals surface area contributed by atoms with Crippen LogP contribution in [-0.4, -0.2) is 19.4 Å². The van der Waals surface area contributed by atoms with Crippen molar-refractivity contribution in [2.24, 2.45) is 10.9 Å². The van der Waals surface area contributed by atoms with Gasteiger partial charge in [0.05, 0.1) is 13.2 Å². The Bertz CT molecular complexity index is 343. The maximum Gasteiger partial charge on any atom is 0.0717 e. The molecule has 2 rings (SSSR count). The van der Waals surface area contributed by atoms with Crippen molar-refractivity contribution in [1.82, 2.24) is 0 Å². The summed E-state index contributed by atoms with van der Waals surface area (Å²) in [5.74, 6) is 0.443. The lowest BCUT2D eigenvalue weighted by Gasteiger charge is -2.12. The van der Waals surface area contributed by atoms with Gasteiger partial charge in [-0.05, 0) is 11.6 Å². The highest BCUT2D eigenvalue weighted by molar-refractivity contribution is 5.71. The third-order valence-electron chi connectivity index (χ3n) is 2.36. The van der Waals surface area contributed by atoms with Gasteiger partial charge in [-0.15, -0.1) is 0 Å². The van der Waals surface area contributed by atoms with Gasteiger partial charge in [0.1, 0.15) is 0 Å². The molecule has 0 spiro atoms. The van der Waals surface area contributed by atoms with Gasteiger partial charge in [0.25, 0.3) is 0 Å². The van der Waals surface area contributed by atoms with Crippen LogP contribution in [0.2, 0.25) is 0 Å². The van der Waals surface area contributed by atoms with Crippen molar-refractivity contribution >= 4 is 6.21 Å². The number of dihydropyridines is 1. The molecule has 0 radical (unpaired) electrons. The molecule has 1 unspecified atom stereocenters. The van der Waals surface area contributed by atoms with Crippen molar-refractivity contribution in [3.05, 3.63) is 48.0 Å². The molecule has 1 aliphatic rings. The molecule has 0 N–H and O–H groups in total. The number of benzene rings is 1. The molecule has 1 aliphatic heterocycles. The maximum atomic E-state index is 5.63. The van der Waals surface area contributed by atoms with E-state index in [1.807, 2.05) is 30.5 Å². The van der Waals surface area contributed by atoms with Crippen LogP contribution in [0.3, 0.4) is 0 Å². The largest absolute Gasteiger partial charge is 0.376 e. The number of aliphatic imine (C=N–C) groups is 1. The van der Waals surface area contributed by atoms with Gasteiger partial charge in [-0.3, -0.25) is 4.99 Å². The lowest BCUT2D eigenvalue weighted by Crippen LogP contribution is -2.12. The molecule has 0 aliphatic carbocycles. The van der Waals surface area contributed by atoms with Crippen LogP contribution < -0.4 is 0 Å². The first-order chi connectivity index (χ1) is 7.45. The van der Waals surface area contributed by atoms with Gasteiger partial charge in [0.15, 0.2) is 0 Å². The Morgan fingerprint density at radius 3 is 2.87 bits per heavy atom. The van der Waals surface area contributed by atoms with E-state index in [1.165, 1.54) is 5.56 Å². The van der Waals surface area contributed by atoms with Gasteiger partial charge in [-0.2, -0.15) is 0 Å². The van der Waals surface area contributed by atoms with E-state index in [2.05, 4.69) is 23.2 Å². The number of allylic oxidation sites excluding steroid dienone is 1. The molecule has 1 atom stereocenters. The molecule has 0 saturated carbocycles. The molecule has 1 aromatic rings. The Balaban J connectivity index is 1.71. The van der Waals surface area contributed by atoms with Crippen LogP contribution in [0.4, 0.5) is 0 Å². The van der Waals surface area contributed by atoms with E-state index in [0.717, 1.165) is 13.2 Å². The molecule has 78 valence electrons. The van der Waals surface area contributed by atoms with E-state index in [4.69, 9.17) is 4.74 Å². The fourth-order valence-electron chi connectivity index (χ4n) is 1.54. The molecule has 15 heavy (non-hydrogen) atoms. The number of hydrogen-bond donors (Lipinski definition) is 0. The minimum atomic E-state index is 0.443. The lowest BCUT2D eigenvalue weighted by atomic mass is 10.1. The third-order valence-corrected chi connectivity index (χ3v) is 2.36. The van der Waals surface area contributed by atoms with Gasteiger partial charge in [-0.1, -0.05) is 36.4 Å². The molecule has 1 aromatic carbocycles. The first-order valence-corrected chi connectivity index (χ1v) is 5.23. The monoisotopic (exact) mass is 201 g/mol. The summed E-state index contributed by atoms with van der Waals surface area (Å²) in [5.41, 5.74) is 1.22. The molecule has 0 amide bonds. The molecule has 0 bridgehead atoms. The zero-order valence-corrected chi connectivity index (χ0v) is 8.67. The SMILES string of the molecule is C1=CC(COCc2ccccc2)CN=C1. The summed E-state index contributed by atoms with van der Waals surface area (Å²) in [6.45, 7) is 2.29. The first kappa shape index (κ1) is 10.1. The van der Waals surface area contributed by atoms with Crippen LogP contribution in [0.25, 0.3) is 0 Å². The van der Waals surface area contributed by atoms with Crippen LogP contribution in [-0.2, 0) is 11.3 Å². The van der Waals surface area contributed by atoms with E-state index in [0.29, 0.717) is 12.5 Å². The molecular formula is C13H15NO. The van der Waals surface area contributed by atoms with Crippen LogP contribution in [0.15, 0.2) is 47.5 Å². The minimum absolute atomic E-state index is 0.443. The molecular weight excluding hydrogens is 186 g/mol. The van der Waals surface area contributed by atoms with Crippen molar-refractivity contribution in [1.29, 1.82) is 0 Å². The van der Waals surface area contributed by atoms with E-state index in [-0.39, 0.29) is 0 Å². The van der Waals surface area contributed by atoms with Gasteiger partial charge in [-0.25, -0.2) is 0 Å². The highest BCUT2D eigenvalue weighted by Gasteiger charge is 2.05. The number of ether oxygens (including phenoxy) is 1. The molecule has 2 nitrogen and oxygen atoms in total. The zero-order chi connectivity index (χ0) is 10.3. The highest BCUT2D eigenvalue weighted by Crippen LogP contribution is 2.07. The number of hydrogen-bond acceptors (Lipinski definition) is 2. The molecule has 0 aromatic heterocycles. The normalized spacial score (nSPS) is 19.3. The van der Waals surface area contributed by atoms with Crippen LogP contribution in [0.5, 0.6) is 0 Å². The Kier molecular flexibility index (Phi) is 3.69. The lowest BCUT2D eigenvalue weighted by molar-refractivity contribution is 0.101. The highest BCUT2D eigenvalue weighted by atomic mass is 16.5. The summed E-state index contributed by atoms with van der Waals surface area (Å²) >= 11 is 0. The fraction of sp³-hybridized carbons (Fsp3) is 0.308. The Morgan fingerprint density at radius 2 is 2.13 bits per heavy atom. The maximum absolute atomic E-state index is 5.63. The van der Waals surface area contributed by atoms with E-state index >= 15 is 0 Å². The van der Waals surface area contributed by atoms with Gasteiger partial charge in [0, 0.05) is 18.7 Å². The van der Waals surface area contributed by atoms with Gasteiger partial charge in [0.2, 0.25) is 0 Å². The Labute approximate surface area is 90.3 Å². The van der Waals surface area contributed by atoms with Gasteiger partial charge < -0.3 is 4.74 Å². The van der Waals surface area contributed by atoms with Crippen molar-refractivity contribution in [3.63, 3.8) is 0 Å². The molecule has 0 saturated heterocycles. The minimum Gasteiger partial charge on any atom is -0.376 e. The van der Waals surface area contributed by atoms with Crippen LogP contribution in [0, 0.1) is 5.92 Å². The Hall–Kier alpha value is -1.41. The quantitative estimate of drug-likeness (QED) is 0.733. The van der Waals surface area contributed by atoms with Crippen molar-refractivity contribution < 1.29 is 4.74 Å². The number of nitrogens with zero attached hydrogens (tertiary/aromatic N) is 1. The summed E-state index contributed by atoms with van der Waals surface area (Å²) in [6.07, 6.45) is 5.98. The van der Waals surface area contributed by atoms with Crippen LogP contribution in [0.1, 0.15) is 5.56 Å². The van der Waals surface area contributed by atoms with Crippen molar-refractivity contribution in [3.8, 4) is 0 Å². The second-order valence-electron chi connectivity index (χ2n) is 3.66. The summed E-state index contributed by atoms with van der Waals surface area (Å²) in [4.78, 5) is 4.19. The standard InChI is InChI=1S/C13H15NO/c1-2-5-12(6-3-1)10-15-11-13-7-4-8-14-9-13/h1-8,13H,9-11H2. The Morgan fingerprint density at radius 1 is 1.27 bits per heavy atom. The van der Waals surface area contributed by atoms with Crippen molar-refractivity contribution in [2.75, 3.05) is 13.2 Å². The fourth-order valence-corrected chi connectivity index (χ4v) is 1.54. The topological polar surface area (TPSA) is 21.6 Å². The average Bonchev–Trinajstić information content (AvgIpc) is 2.32. The van der Waals surface area contributed by atoms with E-state index in [9.17, 15) is 0 Å². The van der Waals surface area contributed by atoms with Gasteiger partial charge >= 0.3 is 0 Å². The van der Waals surface area contributed by atoms with Crippen LogP contribution >= 0.6 is 0 Å². The summed E-state index contributed by atoms with van der Waals surface area (Å²) in [5, 5.41) is 0. The van der Waals surface area contributed by atoms with E-state index < -0.39 is 0 Å². The predicted molar refractivity (Wildman–Crippen MR) is 62.1 cm³/mol. The second kappa shape index (κ2) is 5.47. The summed E-state index contributed by atoms with van der Waals surface area (Å²) in [6, 6.07) is 10.2. The van der Waals surface area contributed by atoms with E-state index in [1.54, 1.807) is 0 Å².